The second kappa shape index (κ2) is 7.81. The lowest BCUT2D eigenvalue weighted by molar-refractivity contribution is -0.143. The molecule has 1 aromatic carbocycles. The van der Waals surface area contributed by atoms with Gasteiger partial charge in [0.25, 0.3) is 0 Å². The van der Waals surface area contributed by atoms with Crippen LogP contribution in [0.5, 0.6) is 0 Å². The molecular weight excluding hydrogens is 320 g/mol. The molecular formula is C19H18N2O4. The van der Waals surface area contributed by atoms with Crippen molar-refractivity contribution in [3.8, 4) is 0 Å². The van der Waals surface area contributed by atoms with E-state index in [9.17, 15) is 14.4 Å². The van der Waals surface area contributed by atoms with Crippen LogP contribution in [0.4, 0.5) is 0 Å². The molecule has 0 N–H and O–H groups in total. The van der Waals surface area contributed by atoms with Gasteiger partial charge >= 0.3 is 0 Å². The molecule has 1 aromatic heterocycles. The van der Waals surface area contributed by atoms with Crippen molar-refractivity contribution in [3.63, 3.8) is 0 Å². The Morgan fingerprint density at radius 1 is 1.16 bits per heavy atom. The number of carbonyl (C=O) groups excluding carboxylic acids is 3. The van der Waals surface area contributed by atoms with Crippen LogP contribution in [0.2, 0.25) is 0 Å². The predicted molar refractivity (Wildman–Crippen MR) is 90.1 cm³/mol. The Balaban J connectivity index is 1.65. The van der Waals surface area contributed by atoms with Crippen molar-refractivity contribution in [1.29, 1.82) is 0 Å². The monoisotopic (exact) mass is 338 g/mol. The first kappa shape index (κ1) is 17.0. The minimum atomic E-state index is -0.570. The third-order valence-corrected chi connectivity index (χ3v) is 4.07. The van der Waals surface area contributed by atoms with E-state index in [4.69, 9.17) is 4.74 Å². The SMILES string of the molecule is O=CC(=O)c1cncc(Cc2ccc(CN3CCOCC3=O)cc2)c1. The highest BCUT2D eigenvalue weighted by atomic mass is 16.5. The molecule has 128 valence electrons. The number of amides is 1. The number of Topliss-reactive ketones (excluding diaryl/α,β-unsaturated/α-hetero) is 1. The molecule has 0 saturated carbocycles. The van der Waals surface area contributed by atoms with E-state index in [0.717, 1.165) is 16.7 Å². The van der Waals surface area contributed by atoms with Crippen LogP contribution in [-0.2, 0) is 27.3 Å². The molecule has 6 heteroatoms. The van der Waals surface area contributed by atoms with Gasteiger partial charge in [-0.15, -0.1) is 0 Å². The standard InChI is InChI=1S/C19H18N2O4/c22-12-18(23)17-8-16(9-20-10-17)7-14-1-3-15(4-2-14)11-21-5-6-25-13-19(21)24/h1-4,8-10,12H,5-7,11,13H2. The summed E-state index contributed by atoms with van der Waals surface area (Å²) in [4.78, 5) is 39.6. The van der Waals surface area contributed by atoms with Crippen LogP contribution in [0.25, 0.3) is 0 Å². The fraction of sp³-hybridized carbons (Fsp3) is 0.263. The number of carbonyl (C=O) groups is 3. The molecule has 3 rings (SSSR count). The lowest BCUT2D eigenvalue weighted by atomic mass is 10.0. The van der Waals surface area contributed by atoms with Crippen LogP contribution >= 0.6 is 0 Å². The maximum atomic E-state index is 11.8. The van der Waals surface area contributed by atoms with Crippen molar-refractivity contribution in [2.75, 3.05) is 19.8 Å². The molecule has 0 spiro atoms. The van der Waals surface area contributed by atoms with Gasteiger partial charge in [0.15, 0.2) is 6.29 Å². The number of nitrogens with zero attached hydrogens (tertiary/aromatic N) is 2. The van der Waals surface area contributed by atoms with Crippen LogP contribution in [0.15, 0.2) is 42.7 Å². The number of rotatable bonds is 6. The molecule has 1 aliphatic heterocycles. The van der Waals surface area contributed by atoms with Crippen LogP contribution in [0, 0.1) is 0 Å². The van der Waals surface area contributed by atoms with E-state index in [1.54, 1.807) is 17.2 Å². The largest absolute Gasteiger partial charge is 0.370 e. The van der Waals surface area contributed by atoms with Gasteiger partial charge in [-0.1, -0.05) is 24.3 Å². The van der Waals surface area contributed by atoms with Crippen LogP contribution in [-0.4, -0.2) is 47.6 Å². The second-order valence-electron chi connectivity index (χ2n) is 5.93. The smallest absolute Gasteiger partial charge is 0.248 e. The van der Waals surface area contributed by atoms with E-state index < -0.39 is 5.78 Å². The van der Waals surface area contributed by atoms with E-state index in [2.05, 4.69) is 4.98 Å². The van der Waals surface area contributed by atoms with Gasteiger partial charge in [0.1, 0.15) is 6.61 Å². The number of pyridine rings is 1. The Hall–Kier alpha value is -2.86. The minimum absolute atomic E-state index is 0.0121. The van der Waals surface area contributed by atoms with E-state index in [-0.39, 0.29) is 12.5 Å². The van der Waals surface area contributed by atoms with Crippen molar-refractivity contribution in [2.45, 2.75) is 13.0 Å². The quantitative estimate of drug-likeness (QED) is 0.452. The lowest BCUT2D eigenvalue weighted by Gasteiger charge is -2.26. The first-order valence-electron chi connectivity index (χ1n) is 8.02. The van der Waals surface area contributed by atoms with Gasteiger partial charge in [0, 0.05) is 31.0 Å². The molecule has 1 fully saturated rings. The maximum Gasteiger partial charge on any atom is 0.248 e. The van der Waals surface area contributed by atoms with E-state index >= 15 is 0 Å². The number of hydrogen-bond donors (Lipinski definition) is 0. The van der Waals surface area contributed by atoms with E-state index in [1.807, 2.05) is 24.3 Å². The van der Waals surface area contributed by atoms with Gasteiger partial charge in [-0.2, -0.15) is 0 Å². The Bertz CT molecular complexity index is 786. The van der Waals surface area contributed by atoms with Crippen molar-refractivity contribution < 1.29 is 19.1 Å². The van der Waals surface area contributed by atoms with Crippen LogP contribution in [0.3, 0.4) is 0 Å². The van der Waals surface area contributed by atoms with Crippen molar-refractivity contribution in [2.24, 2.45) is 0 Å². The van der Waals surface area contributed by atoms with Gasteiger partial charge in [0.05, 0.1) is 6.61 Å². The summed E-state index contributed by atoms with van der Waals surface area (Å²) in [6.45, 7) is 1.92. The van der Waals surface area contributed by atoms with E-state index in [1.165, 1.54) is 6.20 Å². The van der Waals surface area contributed by atoms with Crippen molar-refractivity contribution in [1.82, 2.24) is 9.88 Å². The van der Waals surface area contributed by atoms with Gasteiger partial charge in [-0.3, -0.25) is 19.4 Å². The zero-order chi connectivity index (χ0) is 17.6. The first-order chi connectivity index (χ1) is 12.2. The summed E-state index contributed by atoms with van der Waals surface area (Å²) in [7, 11) is 0. The first-order valence-corrected chi connectivity index (χ1v) is 8.02. The molecule has 25 heavy (non-hydrogen) atoms. The van der Waals surface area contributed by atoms with Crippen LogP contribution < -0.4 is 0 Å². The molecule has 0 radical (unpaired) electrons. The number of benzene rings is 1. The molecule has 0 atom stereocenters. The molecule has 1 saturated heterocycles. The normalized spacial score (nSPS) is 14.4. The highest BCUT2D eigenvalue weighted by molar-refractivity contribution is 6.33. The van der Waals surface area contributed by atoms with Crippen molar-refractivity contribution >= 4 is 18.0 Å². The molecule has 6 nitrogen and oxygen atoms in total. The fourth-order valence-electron chi connectivity index (χ4n) is 2.72. The number of aldehydes is 1. The molecule has 2 heterocycles. The van der Waals surface area contributed by atoms with Gasteiger partial charge < -0.3 is 9.64 Å². The summed E-state index contributed by atoms with van der Waals surface area (Å²) in [5.41, 5.74) is 3.29. The molecule has 0 aliphatic carbocycles. The zero-order valence-corrected chi connectivity index (χ0v) is 13.7. The van der Waals surface area contributed by atoms with Gasteiger partial charge in [-0.05, 0) is 29.2 Å². The molecule has 1 aliphatic rings. The highest BCUT2D eigenvalue weighted by Crippen LogP contribution is 2.14. The Morgan fingerprint density at radius 3 is 2.64 bits per heavy atom. The molecule has 0 unspecified atom stereocenters. The summed E-state index contributed by atoms with van der Waals surface area (Å²) in [5.74, 6) is -0.557. The Morgan fingerprint density at radius 2 is 1.92 bits per heavy atom. The number of ether oxygens (including phenoxy) is 1. The number of ketones is 1. The fourth-order valence-corrected chi connectivity index (χ4v) is 2.72. The Kier molecular flexibility index (Phi) is 5.30. The highest BCUT2D eigenvalue weighted by Gasteiger charge is 2.18. The predicted octanol–water partition coefficient (Wildman–Crippen LogP) is 1.41. The summed E-state index contributed by atoms with van der Waals surface area (Å²) in [6.07, 6.45) is 3.98. The topological polar surface area (TPSA) is 76.6 Å². The summed E-state index contributed by atoms with van der Waals surface area (Å²) >= 11 is 0. The van der Waals surface area contributed by atoms with E-state index in [0.29, 0.717) is 38.0 Å². The number of morpholine rings is 1. The summed E-state index contributed by atoms with van der Waals surface area (Å²) in [5, 5.41) is 0. The number of hydrogen-bond acceptors (Lipinski definition) is 5. The average Bonchev–Trinajstić information content (AvgIpc) is 2.65. The molecule has 2 aromatic rings. The average molecular weight is 338 g/mol. The third kappa shape index (κ3) is 4.36. The molecule has 1 amide bonds. The summed E-state index contributed by atoms with van der Waals surface area (Å²) < 4.78 is 5.13. The minimum Gasteiger partial charge on any atom is -0.370 e. The maximum absolute atomic E-state index is 11.8. The Labute approximate surface area is 145 Å². The summed E-state index contributed by atoms with van der Waals surface area (Å²) in [6, 6.07) is 9.66. The van der Waals surface area contributed by atoms with Gasteiger partial charge in [-0.25, -0.2) is 0 Å². The number of aromatic nitrogens is 1. The third-order valence-electron chi connectivity index (χ3n) is 4.07. The van der Waals surface area contributed by atoms with Gasteiger partial charge in [0.2, 0.25) is 11.7 Å². The van der Waals surface area contributed by atoms with Crippen molar-refractivity contribution in [3.05, 3.63) is 65.0 Å². The lowest BCUT2D eigenvalue weighted by Crippen LogP contribution is -2.40. The van der Waals surface area contributed by atoms with Crippen LogP contribution in [0.1, 0.15) is 27.0 Å². The molecule has 0 bridgehead atoms. The zero-order valence-electron chi connectivity index (χ0n) is 13.7. The second-order valence-corrected chi connectivity index (χ2v) is 5.93.